The van der Waals surface area contributed by atoms with E-state index < -0.39 is 0 Å². The summed E-state index contributed by atoms with van der Waals surface area (Å²) >= 11 is 2.86. The fraction of sp³-hybridized carbons (Fsp3) is 0.429. The Labute approximate surface area is 85.1 Å². The summed E-state index contributed by atoms with van der Waals surface area (Å²) in [5.41, 5.74) is 0. The van der Waals surface area contributed by atoms with Gasteiger partial charge in [0.1, 0.15) is 10.8 Å². The molecule has 0 aliphatic carbocycles. The van der Waals surface area contributed by atoms with E-state index in [1.807, 2.05) is 6.92 Å². The van der Waals surface area contributed by atoms with Crippen LogP contribution in [0.4, 0.5) is 0 Å². The topological polar surface area (TPSA) is 44.2 Å². The molecule has 1 rings (SSSR count). The van der Waals surface area contributed by atoms with Gasteiger partial charge in [-0.15, -0.1) is 0 Å². The SMILES string of the molecule is C=C(CSc1nsc(C)n1)OOC. The molecule has 0 amide bonds. The summed E-state index contributed by atoms with van der Waals surface area (Å²) in [5.74, 6) is 1.16. The number of aryl methyl sites for hydroxylation is 1. The van der Waals surface area contributed by atoms with Crippen molar-refractivity contribution >= 4 is 23.3 Å². The van der Waals surface area contributed by atoms with Crippen LogP contribution in [0.3, 0.4) is 0 Å². The third-order valence-electron chi connectivity index (χ3n) is 1.07. The van der Waals surface area contributed by atoms with Crippen LogP contribution in [0.25, 0.3) is 0 Å². The number of aromatic nitrogens is 2. The van der Waals surface area contributed by atoms with Crippen LogP contribution >= 0.6 is 23.3 Å². The smallest absolute Gasteiger partial charge is 0.200 e. The molecule has 0 radical (unpaired) electrons. The highest BCUT2D eigenvalue weighted by Gasteiger charge is 2.03. The van der Waals surface area contributed by atoms with Crippen LogP contribution < -0.4 is 0 Å². The highest BCUT2D eigenvalue weighted by molar-refractivity contribution is 7.99. The van der Waals surface area contributed by atoms with Gasteiger partial charge in [-0.25, -0.2) is 4.98 Å². The minimum absolute atomic E-state index is 0.556. The quantitative estimate of drug-likeness (QED) is 0.327. The molecule has 1 heterocycles. The van der Waals surface area contributed by atoms with E-state index in [1.54, 1.807) is 0 Å². The molecule has 0 aliphatic heterocycles. The standard InChI is InChI=1S/C7H10N2O2S2/c1-5(11-10-3)4-12-7-8-6(2)13-9-7/h1,4H2,2-3H3. The first-order chi connectivity index (χ1) is 6.22. The van der Waals surface area contributed by atoms with Gasteiger partial charge in [0.2, 0.25) is 5.16 Å². The van der Waals surface area contributed by atoms with E-state index in [9.17, 15) is 0 Å². The monoisotopic (exact) mass is 218 g/mol. The van der Waals surface area contributed by atoms with Gasteiger partial charge in [0.25, 0.3) is 0 Å². The fourth-order valence-corrected chi connectivity index (χ4v) is 1.92. The Kier molecular flexibility index (Phi) is 4.20. The summed E-state index contributed by atoms with van der Waals surface area (Å²) in [6, 6.07) is 0. The Balaban J connectivity index is 2.30. The highest BCUT2D eigenvalue weighted by atomic mass is 32.2. The lowest BCUT2D eigenvalue weighted by atomic mass is 10.7. The largest absolute Gasteiger partial charge is 0.342 e. The van der Waals surface area contributed by atoms with Crippen molar-refractivity contribution in [2.24, 2.45) is 0 Å². The zero-order chi connectivity index (χ0) is 9.68. The van der Waals surface area contributed by atoms with E-state index in [0.29, 0.717) is 11.5 Å². The molecule has 0 unspecified atom stereocenters. The molecule has 0 spiro atoms. The van der Waals surface area contributed by atoms with Crippen molar-refractivity contribution in [2.75, 3.05) is 12.9 Å². The van der Waals surface area contributed by atoms with E-state index >= 15 is 0 Å². The van der Waals surface area contributed by atoms with E-state index in [-0.39, 0.29) is 0 Å². The molecule has 0 atom stereocenters. The second-order valence-corrected chi connectivity index (χ2v) is 4.07. The molecule has 0 aromatic carbocycles. The van der Waals surface area contributed by atoms with Crippen LogP contribution in [-0.4, -0.2) is 22.2 Å². The number of hydrogen-bond acceptors (Lipinski definition) is 6. The zero-order valence-corrected chi connectivity index (χ0v) is 9.07. The molecule has 1 aromatic rings. The zero-order valence-electron chi connectivity index (χ0n) is 7.44. The first-order valence-corrected chi connectivity index (χ1v) is 5.30. The molecule has 0 aliphatic rings. The molecular weight excluding hydrogens is 208 g/mol. The summed E-state index contributed by atoms with van der Waals surface area (Å²) in [4.78, 5) is 13.3. The molecule has 0 saturated carbocycles. The van der Waals surface area contributed by atoms with Crippen molar-refractivity contribution in [3.05, 3.63) is 17.3 Å². The van der Waals surface area contributed by atoms with Crippen molar-refractivity contribution < 1.29 is 9.78 Å². The van der Waals surface area contributed by atoms with Crippen molar-refractivity contribution in [2.45, 2.75) is 12.1 Å². The highest BCUT2D eigenvalue weighted by Crippen LogP contribution is 2.18. The minimum Gasteiger partial charge on any atom is -0.342 e. The van der Waals surface area contributed by atoms with Crippen molar-refractivity contribution in [3.63, 3.8) is 0 Å². The van der Waals surface area contributed by atoms with Gasteiger partial charge in [-0.2, -0.15) is 9.26 Å². The van der Waals surface area contributed by atoms with Crippen LogP contribution in [-0.2, 0) is 9.78 Å². The molecule has 0 N–H and O–H groups in total. The lowest BCUT2D eigenvalue weighted by molar-refractivity contribution is -0.235. The maximum absolute atomic E-state index is 4.70. The average Bonchev–Trinajstić information content (AvgIpc) is 2.49. The number of rotatable bonds is 5. The molecule has 13 heavy (non-hydrogen) atoms. The first kappa shape index (κ1) is 10.5. The number of hydrogen-bond donors (Lipinski definition) is 0. The summed E-state index contributed by atoms with van der Waals surface area (Å²) in [7, 11) is 1.45. The van der Waals surface area contributed by atoms with Crippen molar-refractivity contribution in [1.82, 2.24) is 9.36 Å². The van der Waals surface area contributed by atoms with Crippen LogP contribution in [0.2, 0.25) is 0 Å². The van der Waals surface area contributed by atoms with Crippen LogP contribution in [0.15, 0.2) is 17.5 Å². The Morgan fingerprint density at radius 1 is 1.69 bits per heavy atom. The lowest BCUT2D eigenvalue weighted by Gasteiger charge is -2.01. The van der Waals surface area contributed by atoms with Crippen LogP contribution in [0, 0.1) is 6.92 Å². The lowest BCUT2D eigenvalue weighted by Crippen LogP contribution is -1.92. The average molecular weight is 218 g/mol. The third-order valence-corrected chi connectivity index (χ3v) is 2.71. The molecule has 72 valence electrons. The summed E-state index contributed by atoms with van der Waals surface area (Å²) in [5, 5.41) is 1.71. The van der Waals surface area contributed by atoms with Gasteiger partial charge < -0.3 is 4.89 Å². The van der Waals surface area contributed by atoms with E-state index in [0.717, 1.165) is 10.2 Å². The van der Waals surface area contributed by atoms with E-state index in [1.165, 1.54) is 30.4 Å². The fourth-order valence-electron chi connectivity index (χ4n) is 0.626. The molecular formula is C7H10N2O2S2. The second kappa shape index (κ2) is 5.21. The Bertz CT molecular complexity index is 288. The molecule has 0 saturated heterocycles. The second-order valence-electron chi connectivity index (χ2n) is 2.17. The number of nitrogens with zero attached hydrogens (tertiary/aromatic N) is 2. The van der Waals surface area contributed by atoms with Gasteiger partial charge in [0.15, 0.2) is 0 Å². The summed E-state index contributed by atoms with van der Waals surface area (Å²) in [6.45, 7) is 5.56. The van der Waals surface area contributed by atoms with Crippen molar-refractivity contribution in [3.8, 4) is 0 Å². The Morgan fingerprint density at radius 2 is 2.46 bits per heavy atom. The minimum atomic E-state index is 0.556. The molecule has 0 bridgehead atoms. The predicted molar refractivity (Wildman–Crippen MR) is 52.6 cm³/mol. The van der Waals surface area contributed by atoms with E-state index in [2.05, 4.69) is 20.8 Å². The molecule has 1 aromatic heterocycles. The maximum Gasteiger partial charge on any atom is 0.200 e. The summed E-state index contributed by atoms with van der Waals surface area (Å²) in [6.07, 6.45) is 0. The molecule has 0 fully saturated rings. The van der Waals surface area contributed by atoms with Gasteiger partial charge in [-0.3, -0.25) is 0 Å². The third kappa shape index (κ3) is 3.75. The molecule has 6 heteroatoms. The Morgan fingerprint density at radius 3 is 3.00 bits per heavy atom. The maximum atomic E-state index is 4.70. The van der Waals surface area contributed by atoms with Crippen LogP contribution in [0.5, 0.6) is 0 Å². The van der Waals surface area contributed by atoms with Gasteiger partial charge in [0, 0.05) is 0 Å². The molecule has 4 nitrogen and oxygen atoms in total. The Hall–Kier alpha value is -0.590. The number of thioether (sulfide) groups is 1. The van der Waals surface area contributed by atoms with Crippen molar-refractivity contribution in [1.29, 1.82) is 0 Å². The summed E-state index contributed by atoms with van der Waals surface area (Å²) < 4.78 is 4.10. The first-order valence-electron chi connectivity index (χ1n) is 3.54. The van der Waals surface area contributed by atoms with Gasteiger partial charge >= 0.3 is 0 Å². The van der Waals surface area contributed by atoms with Crippen LogP contribution in [0.1, 0.15) is 5.01 Å². The van der Waals surface area contributed by atoms with Gasteiger partial charge in [-0.1, -0.05) is 18.3 Å². The van der Waals surface area contributed by atoms with E-state index in [4.69, 9.17) is 4.89 Å². The van der Waals surface area contributed by atoms with Gasteiger partial charge in [0.05, 0.1) is 12.9 Å². The normalized spacial score (nSPS) is 10.0. The van der Waals surface area contributed by atoms with Gasteiger partial charge in [-0.05, 0) is 18.5 Å². The predicted octanol–water partition coefficient (Wildman–Crippen LogP) is 2.03.